The molecule has 1 atom stereocenters. The Morgan fingerprint density at radius 1 is 0.935 bits per heavy atom. The Hall–Kier alpha value is -3.40. The van der Waals surface area contributed by atoms with E-state index in [2.05, 4.69) is 16.0 Å². The quantitative estimate of drug-likeness (QED) is 0.555. The second-order valence-electron chi connectivity index (χ2n) is 6.99. The van der Waals surface area contributed by atoms with Crippen molar-refractivity contribution in [2.45, 2.75) is 19.9 Å². The molecule has 3 amide bonds. The lowest BCUT2D eigenvalue weighted by Crippen LogP contribution is -2.47. The number of benzene rings is 2. The highest BCUT2D eigenvalue weighted by Gasteiger charge is 2.21. The fraction of sp³-hybridized carbons (Fsp3) is 0.286. The number of likely N-dealkylation sites (N-methyl/N-ethyl adjacent to an activating group) is 1. The monoisotopic (exact) mass is 436 g/mol. The average Bonchev–Trinajstić information content (AvgIpc) is 2.73. The molecule has 0 aromatic heterocycles. The summed E-state index contributed by atoms with van der Waals surface area (Å²) in [5.41, 5.74) is 1.13. The molecule has 0 radical (unpaired) electrons. The van der Waals surface area contributed by atoms with E-state index in [1.165, 1.54) is 4.90 Å². The van der Waals surface area contributed by atoms with E-state index >= 15 is 0 Å². The molecule has 0 heterocycles. The van der Waals surface area contributed by atoms with E-state index < -0.39 is 47.5 Å². The van der Waals surface area contributed by atoms with E-state index in [0.717, 1.165) is 11.6 Å². The molecule has 0 saturated carbocycles. The summed E-state index contributed by atoms with van der Waals surface area (Å²) < 4.78 is 39.7. The number of carbonyl (C=O) groups is 3. The Labute approximate surface area is 177 Å². The fourth-order valence-corrected chi connectivity index (χ4v) is 2.53. The van der Waals surface area contributed by atoms with Crippen LogP contribution < -0.4 is 16.0 Å². The van der Waals surface area contributed by atoms with Gasteiger partial charge < -0.3 is 16.0 Å². The van der Waals surface area contributed by atoms with E-state index in [-0.39, 0.29) is 12.5 Å². The molecule has 2 aromatic carbocycles. The number of hydrogen-bond donors (Lipinski definition) is 3. The molecule has 31 heavy (non-hydrogen) atoms. The van der Waals surface area contributed by atoms with Crippen molar-refractivity contribution in [2.75, 3.05) is 30.8 Å². The lowest BCUT2D eigenvalue weighted by Gasteiger charge is -2.23. The number of nitrogens with zero attached hydrogens (tertiary/aromatic N) is 1. The normalized spacial score (nSPS) is 11.7. The molecule has 0 saturated heterocycles. The molecule has 0 aliphatic carbocycles. The summed E-state index contributed by atoms with van der Waals surface area (Å²) >= 11 is 0. The van der Waals surface area contributed by atoms with Gasteiger partial charge in [-0.05, 0) is 45.2 Å². The van der Waals surface area contributed by atoms with Gasteiger partial charge in [-0.15, -0.1) is 0 Å². The molecule has 0 bridgehead atoms. The van der Waals surface area contributed by atoms with Crippen molar-refractivity contribution in [3.05, 3.63) is 59.4 Å². The number of amides is 3. The van der Waals surface area contributed by atoms with Gasteiger partial charge in [-0.2, -0.15) is 0 Å². The lowest BCUT2D eigenvalue weighted by atomic mass is 10.2. The van der Waals surface area contributed by atoms with Gasteiger partial charge in [-0.25, -0.2) is 13.2 Å². The number of anilines is 2. The van der Waals surface area contributed by atoms with Gasteiger partial charge in [-0.1, -0.05) is 17.7 Å². The second kappa shape index (κ2) is 10.6. The van der Waals surface area contributed by atoms with Gasteiger partial charge >= 0.3 is 0 Å². The molecule has 0 fully saturated rings. The van der Waals surface area contributed by atoms with Crippen molar-refractivity contribution in [3.8, 4) is 0 Å². The van der Waals surface area contributed by atoms with Crippen LogP contribution in [-0.2, 0) is 14.4 Å². The molecule has 10 heteroatoms. The predicted octanol–water partition coefficient (Wildman–Crippen LogP) is 2.43. The van der Waals surface area contributed by atoms with Crippen molar-refractivity contribution < 1.29 is 27.6 Å². The molecule has 2 rings (SSSR count). The first-order valence-electron chi connectivity index (χ1n) is 9.36. The van der Waals surface area contributed by atoms with Crippen molar-refractivity contribution in [3.63, 3.8) is 0 Å². The van der Waals surface area contributed by atoms with Crippen LogP contribution in [0.1, 0.15) is 12.5 Å². The fourth-order valence-electron chi connectivity index (χ4n) is 2.53. The Bertz CT molecular complexity index is 967. The van der Waals surface area contributed by atoms with Gasteiger partial charge in [0.05, 0.1) is 24.8 Å². The summed E-state index contributed by atoms with van der Waals surface area (Å²) in [7, 11) is 1.57. The van der Waals surface area contributed by atoms with Gasteiger partial charge in [0.1, 0.15) is 0 Å². The highest BCUT2D eigenvalue weighted by Crippen LogP contribution is 2.19. The Morgan fingerprint density at radius 3 is 2.23 bits per heavy atom. The summed E-state index contributed by atoms with van der Waals surface area (Å²) in [6.45, 7) is 2.87. The predicted molar refractivity (Wildman–Crippen MR) is 110 cm³/mol. The number of nitrogens with one attached hydrogen (secondary N) is 3. The Kier molecular flexibility index (Phi) is 8.14. The van der Waals surface area contributed by atoms with Crippen LogP contribution in [0.4, 0.5) is 24.5 Å². The third-order valence-corrected chi connectivity index (χ3v) is 4.50. The van der Waals surface area contributed by atoms with E-state index in [1.54, 1.807) is 26.1 Å². The maximum Gasteiger partial charge on any atom is 0.243 e. The lowest BCUT2D eigenvalue weighted by molar-refractivity contribution is -0.128. The maximum atomic E-state index is 13.6. The minimum atomic E-state index is -1.71. The minimum Gasteiger partial charge on any atom is -0.346 e. The van der Waals surface area contributed by atoms with Crippen LogP contribution in [0.25, 0.3) is 0 Å². The van der Waals surface area contributed by atoms with Crippen LogP contribution in [0.2, 0.25) is 0 Å². The first kappa shape index (κ1) is 23.9. The van der Waals surface area contributed by atoms with Gasteiger partial charge in [0, 0.05) is 5.69 Å². The van der Waals surface area contributed by atoms with Crippen molar-refractivity contribution in [2.24, 2.45) is 0 Å². The number of carbonyl (C=O) groups excluding carboxylic acids is 3. The van der Waals surface area contributed by atoms with Gasteiger partial charge in [0.15, 0.2) is 17.5 Å². The van der Waals surface area contributed by atoms with Crippen LogP contribution in [0, 0.1) is 24.4 Å². The van der Waals surface area contributed by atoms with Gasteiger partial charge in [-0.3, -0.25) is 19.3 Å². The number of aryl methyl sites for hydroxylation is 1. The molecule has 3 N–H and O–H groups in total. The first-order chi connectivity index (χ1) is 14.6. The van der Waals surface area contributed by atoms with E-state index in [9.17, 15) is 27.6 Å². The zero-order valence-electron chi connectivity index (χ0n) is 17.3. The van der Waals surface area contributed by atoms with Crippen LogP contribution in [-0.4, -0.2) is 48.8 Å². The Balaban J connectivity index is 1.81. The third-order valence-electron chi connectivity index (χ3n) is 4.50. The maximum absolute atomic E-state index is 13.6. The Morgan fingerprint density at radius 2 is 1.58 bits per heavy atom. The minimum absolute atomic E-state index is 0.0747. The second-order valence-corrected chi connectivity index (χ2v) is 6.99. The molecular formula is C21H23F3N4O3. The summed E-state index contributed by atoms with van der Waals surface area (Å²) in [4.78, 5) is 37.7. The zero-order chi connectivity index (χ0) is 23.1. The van der Waals surface area contributed by atoms with Crippen LogP contribution in [0.5, 0.6) is 0 Å². The molecule has 1 unspecified atom stereocenters. The smallest absolute Gasteiger partial charge is 0.243 e. The van der Waals surface area contributed by atoms with E-state index in [4.69, 9.17) is 0 Å². The van der Waals surface area contributed by atoms with Crippen LogP contribution >= 0.6 is 0 Å². The van der Waals surface area contributed by atoms with Gasteiger partial charge in [0.25, 0.3) is 0 Å². The molecule has 7 nitrogen and oxygen atoms in total. The highest BCUT2D eigenvalue weighted by atomic mass is 19.2. The average molecular weight is 436 g/mol. The summed E-state index contributed by atoms with van der Waals surface area (Å²) in [6, 6.07) is 8.02. The zero-order valence-corrected chi connectivity index (χ0v) is 17.3. The largest absolute Gasteiger partial charge is 0.346 e. The van der Waals surface area contributed by atoms with Crippen LogP contribution in [0.3, 0.4) is 0 Å². The van der Waals surface area contributed by atoms with Crippen molar-refractivity contribution in [1.29, 1.82) is 0 Å². The summed E-state index contributed by atoms with van der Waals surface area (Å²) in [5.74, 6) is -6.32. The number of halogens is 3. The summed E-state index contributed by atoms with van der Waals surface area (Å²) in [6.07, 6.45) is 0. The molecule has 0 aliphatic rings. The molecular weight excluding hydrogens is 413 g/mol. The molecule has 2 aromatic rings. The molecule has 166 valence electrons. The molecule has 0 aliphatic heterocycles. The van der Waals surface area contributed by atoms with Crippen molar-refractivity contribution in [1.82, 2.24) is 10.2 Å². The number of rotatable bonds is 8. The van der Waals surface area contributed by atoms with Gasteiger partial charge in [0.2, 0.25) is 17.7 Å². The first-order valence-corrected chi connectivity index (χ1v) is 9.36. The SMILES string of the molecule is Cc1ccc(NC(=O)CN(C)C(C)C(=O)NCC(=O)Nc2ccc(F)c(F)c2F)cc1. The topological polar surface area (TPSA) is 90.5 Å². The van der Waals surface area contributed by atoms with E-state index in [0.29, 0.717) is 11.8 Å². The van der Waals surface area contributed by atoms with Crippen molar-refractivity contribution >= 4 is 29.1 Å². The third kappa shape index (κ3) is 6.82. The standard InChI is InChI=1S/C21H23F3N4O3/c1-12-4-6-14(7-5-12)26-18(30)11-28(3)13(2)21(31)25-10-17(29)27-16-9-8-15(22)19(23)20(16)24/h4-9,13H,10-11H2,1-3H3,(H,25,31)(H,26,30)(H,27,29). The van der Waals surface area contributed by atoms with E-state index in [1.807, 2.05) is 19.1 Å². The molecule has 0 spiro atoms. The van der Waals surface area contributed by atoms with Crippen LogP contribution in [0.15, 0.2) is 36.4 Å². The number of hydrogen-bond acceptors (Lipinski definition) is 4. The highest BCUT2D eigenvalue weighted by molar-refractivity contribution is 5.96. The summed E-state index contributed by atoms with van der Waals surface area (Å²) in [5, 5.41) is 7.11.